The second kappa shape index (κ2) is 8.43. The van der Waals surface area contributed by atoms with Crippen molar-refractivity contribution in [1.29, 1.82) is 0 Å². The summed E-state index contributed by atoms with van der Waals surface area (Å²) in [5.74, 6) is 0.414. The largest absolute Gasteiger partial charge is 0.416 e. The summed E-state index contributed by atoms with van der Waals surface area (Å²) in [7, 11) is 0. The minimum atomic E-state index is -4.44. The fourth-order valence-electron chi connectivity index (χ4n) is 4.54. The number of fused-ring (bicyclic) bond motifs is 3. The van der Waals surface area contributed by atoms with E-state index in [9.17, 15) is 13.2 Å². The Labute approximate surface area is 193 Å². The highest BCUT2D eigenvalue weighted by Crippen LogP contribution is 2.36. The minimum absolute atomic E-state index is 0.154. The van der Waals surface area contributed by atoms with Gasteiger partial charge in [0.05, 0.1) is 36.0 Å². The van der Waals surface area contributed by atoms with Crippen LogP contribution in [-0.2, 0) is 10.9 Å². The van der Waals surface area contributed by atoms with Gasteiger partial charge in [0.25, 0.3) is 0 Å². The predicted molar refractivity (Wildman–Crippen MR) is 122 cm³/mol. The Kier molecular flexibility index (Phi) is 5.55. The molecular formula is C24H23F4N5O. The number of morpholine rings is 1. The van der Waals surface area contributed by atoms with Crippen molar-refractivity contribution in [2.45, 2.75) is 26.1 Å². The van der Waals surface area contributed by atoms with Crippen molar-refractivity contribution >= 4 is 28.2 Å². The first kappa shape index (κ1) is 22.4. The molecule has 1 aliphatic heterocycles. The van der Waals surface area contributed by atoms with Gasteiger partial charge in [-0.2, -0.15) is 18.2 Å². The van der Waals surface area contributed by atoms with Crippen LogP contribution in [0.1, 0.15) is 29.7 Å². The van der Waals surface area contributed by atoms with E-state index in [-0.39, 0.29) is 11.4 Å². The molecule has 0 amide bonds. The van der Waals surface area contributed by atoms with Gasteiger partial charge in [-0.05, 0) is 37.1 Å². The number of rotatable bonds is 4. The number of hydrogen-bond donors (Lipinski definition) is 1. The van der Waals surface area contributed by atoms with Gasteiger partial charge in [-0.1, -0.05) is 12.1 Å². The number of hydrogen-bond acceptors (Lipinski definition) is 5. The van der Waals surface area contributed by atoms with Crippen LogP contribution < -0.4 is 10.2 Å². The van der Waals surface area contributed by atoms with Crippen LogP contribution in [0, 0.1) is 12.7 Å². The SMILES string of the molecule is Cc1c(C(C)Nc2nc3nccn3c3cc(F)c(N4CCOCC4)cc23)cccc1C(F)(F)F. The summed E-state index contributed by atoms with van der Waals surface area (Å²) < 4.78 is 62.5. The van der Waals surface area contributed by atoms with Gasteiger partial charge >= 0.3 is 6.18 Å². The molecule has 10 heteroatoms. The first-order valence-corrected chi connectivity index (χ1v) is 11.0. The molecule has 1 N–H and O–H groups in total. The van der Waals surface area contributed by atoms with Gasteiger partial charge in [-0.25, -0.2) is 9.37 Å². The van der Waals surface area contributed by atoms with E-state index in [1.54, 1.807) is 35.9 Å². The summed E-state index contributed by atoms with van der Waals surface area (Å²) >= 11 is 0. The van der Waals surface area contributed by atoms with Crippen LogP contribution in [0.25, 0.3) is 16.7 Å². The van der Waals surface area contributed by atoms with E-state index in [0.717, 1.165) is 6.07 Å². The molecule has 5 rings (SSSR count). The molecule has 0 saturated carbocycles. The van der Waals surface area contributed by atoms with E-state index in [4.69, 9.17) is 4.74 Å². The summed E-state index contributed by atoms with van der Waals surface area (Å²) in [5.41, 5.74) is 0.983. The molecule has 2 aromatic heterocycles. The van der Waals surface area contributed by atoms with Crippen molar-refractivity contribution < 1.29 is 22.3 Å². The highest BCUT2D eigenvalue weighted by molar-refractivity contribution is 5.94. The molecule has 1 atom stereocenters. The maximum atomic E-state index is 15.1. The van der Waals surface area contributed by atoms with E-state index in [1.165, 1.54) is 19.1 Å². The number of benzene rings is 2. The lowest BCUT2D eigenvalue weighted by Gasteiger charge is -2.29. The number of imidazole rings is 1. The van der Waals surface area contributed by atoms with Crippen molar-refractivity contribution in [1.82, 2.24) is 14.4 Å². The third kappa shape index (κ3) is 3.91. The molecule has 34 heavy (non-hydrogen) atoms. The number of anilines is 2. The lowest BCUT2D eigenvalue weighted by Crippen LogP contribution is -2.36. The van der Waals surface area contributed by atoms with Gasteiger partial charge in [0, 0.05) is 36.9 Å². The number of nitrogens with one attached hydrogen (secondary N) is 1. The molecule has 2 aromatic carbocycles. The Morgan fingerprint density at radius 3 is 2.65 bits per heavy atom. The number of alkyl halides is 3. The summed E-state index contributed by atoms with van der Waals surface area (Å²) in [6, 6.07) is 6.83. The monoisotopic (exact) mass is 473 g/mol. The van der Waals surface area contributed by atoms with E-state index < -0.39 is 17.8 Å². The maximum absolute atomic E-state index is 15.1. The predicted octanol–water partition coefficient (Wildman–Crippen LogP) is 5.36. The first-order valence-electron chi connectivity index (χ1n) is 11.0. The third-order valence-corrected chi connectivity index (χ3v) is 6.27. The summed E-state index contributed by atoms with van der Waals surface area (Å²) in [6.07, 6.45) is -1.17. The molecule has 1 saturated heterocycles. The zero-order valence-corrected chi connectivity index (χ0v) is 18.7. The fraction of sp³-hybridized carbons (Fsp3) is 0.333. The normalized spacial score (nSPS) is 15.8. The van der Waals surface area contributed by atoms with Crippen LogP contribution in [0.4, 0.5) is 29.1 Å². The Balaban J connectivity index is 1.61. The number of aromatic nitrogens is 3. The standard InChI is InChI=1S/C24H23F4N5O/c1-14-16(4-3-5-18(14)24(26,27)28)15(2)30-22-17-12-21(32-8-10-34-11-9-32)19(25)13-20(17)33-7-6-29-23(33)31-22/h3-7,12-13,15H,8-11H2,1-2H3,(H,29,30,31). The molecule has 6 nitrogen and oxygen atoms in total. The second-order valence-electron chi connectivity index (χ2n) is 8.36. The molecule has 0 aliphatic carbocycles. The van der Waals surface area contributed by atoms with Gasteiger partial charge in [0.1, 0.15) is 11.6 Å². The lowest BCUT2D eigenvalue weighted by atomic mass is 9.97. The van der Waals surface area contributed by atoms with Crippen LogP contribution >= 0.6 is 0 Å². The molecule has 178 valence electrons. The average molecular weight is 473 g/mol. The Morgan fingerprint density at radius 2 is 1.91 bits per heavy atom. The molecule has 0 radical (unpaired) electrons. The first-order chi connectivity index (χ1) is 16.2. The molecular weight excluding hydrogens is 450 g/mol. The van der Waals surface area contributed by atoms with Gasteiger partial charge < -0.3 is 15.0 Å². The minimum Gasteiger partial charge on any atom is -0.378 e. The molecule has 1 fully saturated rings. The van der Waals surface area contributed by atoms with Gasteiger partial charge in [-0.3, -0.25) is 4.40 Å². The van der Waals surface area contributed by atoms with E-state index in [2.05, 4.69) is 15.3 Å². The molecule has 3 heterocycles. The topological polar surface area (TPSA) is 54.7 Å². The Morgan fingerprint density at radius 1 is 1.15 bits per heavy atom. The molecule has 0 spiro atoms. The average Bonchev–Trinajstić information content (AvgIpc) is 3.27. The zero-order valence-electron chi connectivity index (χ0n) is 18.7. The molecule has 4 aromatic rings. The molecule has 0 bridgehead atoms. The number of ether oxygens (including phenoxy) is 1. The summed E-state index contributed by atoms with van der Waals surface area (Å²) in [4.78, 5) is 10.7. The van der Waals surface area contributed by atoms with Gasteiger partial charge in [0.2, 0.25) is 5.78 Å². The van der Waals surface area contributed by atoms with Crippen molar-refractivity contribution in [3.63, 3.8) is 0 Å². The van der Waals surface area contributed by atoms with E-state index >= 15 is 4.39 Å². The van der Waals surface area contributed by atoms with Crippen LogP contribution in [0.3, 0.4) is 0 Å². The third-order valence-electron chi connectivity index (χ3n) is 6.27. The second-order valence-corrected chi connectivity index (χ2v) is 8.36. The smallest absolute Gasteiger partial charge is 0.378 e. The van der Waals surface area contributed by atoms with Crippen molar-refractivity contribution in [2.75, 3.05) is 36.5 Å². The van der Waals surface area contributed by atoms with Gasteiger partial charge in [-0.15, -0.1) is 0 Å². The summed E-state index contributed by atoms with van der Waals surface area (Å²) in [5, 5.41) is 3.90. The quantitative estimate of drug-likeness (QED) is 0.405. The van der Waals surface area contributed by atoms with E-state index in [0.29, 0.717) is 60.1 Å². The van der Waals surface area contributed by atoms with Crippen LogP contribution in [0.5, 0.6) is 0 Å². The highest BCUT2D eigenvalue weighted by Gasteiger charge is 2.33. The van der Waals surface area contributed by atoms with Crippen molar-refractivity contribution in [2.24, 2.45) is 0 Å². The molecule has 1 unspecified atom stereocenters. The van der Waals surface area contributed by atoms with Crippen molar-refractivity contribution in [3.05, 3.63) is 65.2 Å². The van der Waals surface area contributed by atoms with Crippen LogP contribution in [0.15, 0.2) is 42.7 Å². The van der Waals surface area contributed by atoms with E-state index in [1.807, 2.05) is 4.90 Å². The Bertz CT molecular complexity index is 1360. The maximum Gasteiger partial charge on any atom is 0.416 e. The van der Waals surface area contributed by atoms with Crippen LogP contribution in [-0.4, -0.2) is 40.7 Å². The molecule has 1 aliphatic rings. The van der Waals surface area contributed by atoms with Crippen molar-refractivity contribution in [3.8, 4) is 0 Å². The number of halogens is 4. The fourth-order valence-corrected chi connectivity index (χ4v) is 4.54. The summed E-state index contributed by atoms with van der Waals surface area (Å²) in [6.45, 7) is 5.38. The van der Waals surface area contributed by atoms with Crippen LogP contribution in [0.2, 0.25) is 0 Å². The van der Waals surface area contributed by atoms with Gasteiger partial charge in [0.15, 0.2) is 0 Å². The highest BCUT2D eigenvalue weighted by atomic mass is 19.4. The Hall–Kier alpha value is -3.40. The lowest BCUT2D eigenvalue weighted by molar-refractivity contribution is -0.138. The number of nitrogens with zero attached hydrogens (tertiary/aromatic N) is 4. The zero-order chi connectivity index (χ0) is 24.0.